The fraction of sp³-hybridized carbons (Fsp3) is 0.529. The van der Waals surface area contributed by atoms with Gasteiger partial charge in [0.25, 0.3) is 0 Å². The standard InChI is InChI=1S/C17H21NO4.Ca.2H/c1-18-12-8-9-13(18)15(17(20)21-2)14(10-12)22-16(19)11-6-4-3-5-7-11;;;/h3-7,12-15H,8-10H2,1-2H3;;;/t12?,13?,14-,15+;;;/m0.../s1. The van der Waals surface area contributed by atoms with Gasteiger partial charge < -0.3 is 9.47 Å². The van der Waals surface area contributed by atoms with Crippen LogP contribution in [-0.2, 0) is 14.3 Å². The molecule has 0 N–H and O–H groups in total. The molecule has 2 saturated heterocycles. The number of nitrogens with zero attached hydrogens (tertiary/aromatic N) is 1. The van der Waals surface area contributed by atoms with Crippen molar-refractivity contribution in [2.75, 3.05) is 14.2 Å². The average Bonchev–Trinajstić information content (AvgIpc) is 2.78. The van der Waals surface area contributed by atoms with E-state index in [1.165, 1.54) is 7.11 Å². The van der Waals surface area contributed by atoms with Gasteiger partial charge in [-0.1, -0.05) is 18.2 Å². The van der Waals surface area contributed by atoms with Crippen molar-refractivity contribution in [3.63, 3.8) is 0 Å². The molecule has 2 aliphatic heterocycles. The number of fused-ring (bicyclic) bond motifs is 2. The Hall–Kier alpha value is -0.620. The van der Waals surface area contributed by atoms with E-state index in [0.29, 0.717) is 18.0 Å². The van der Waals surface area contributed by atoms with Crippen molar-refractivity contribution in [2.45, 2.75) is 37.5 Å². The van der Waals surface area contributed by atoms with Crippen molar-refractivity contribution in [1.82, 2.24) is 4.90 Å². The van der Waals surface area contributed by atoms with Gasteiger partial charge >= 0.3 is 49.7 Å². The first-order chi connectivity index (χ1) is 10.6. The van der Waals surface area contributed by atoms with Crippen LogP contribution in [0.5, 0.6) is 0 Å². The first-order valence-electron chi connectivity index (χ1n) is 7.67. The molecule has 1 aromatic rings. The van der Waals surface area contributed by atoms with Crippen LogP contribution in [0.25, 0.3) is 0 Å². The topological polar surface area (TPSA) is 55.8 Å². The summed E-state index contributed by atoms with van der Waals surface area (Å²) in [6, 6.07) is 9.36. The van der Waals surface area contributed by atoms with E-state index in [2.05, 4.69) is 4.90 Å². The zero-order valence-electron chi connectivity index (χ0n) is 12.9. The zero-order chi connectivity index (χ0) is 15.7. The molecule has 0 amide bonds. The van der Waals surface area contributed by atoms with Crippen LogP contribution >= 0.6 is 0 Å². The summed E-state index contributed by atoms with van der Waals surface area (Å²) in [6.45, 7) is 0. The van der Waals surface area contributed by atoms with Crippen LogP contribution < -0.4 is 0 Å². The van der Waals surface area contributed by atoms with E-state index in [4.69, 9.17) is 9.47 Å². The van der Waals surface area contributed by atoms with Gasteiger partial charge in [-0.3, -0.25) is 9.69 Å². The minimum absolute atomic E-state index is 0. The monoisotopic (exact) mass is 345 g/mol. The average molecular weight is 345 g/mol. The van der Waals surface area contributed by atoms with Crippen molar-refractivity contribution in [2.24, 2.45) is 5.92 Å². The van der Waals surface area contributed by atoms with Crippen LogP contribution in [0.1, 0.15) is 29.6 Å². The molecular weight excluding hydrogens is 322 g/mol. The van der Waals surface area contributed by atoms with Crippen LogP contribution in [0.4, 0.5) is 0 Å². The number of ether oxygens (including phenoxy) is 2. The second kappa shape index (κ2) is 7.97. The van der Waals surface area contributed by atoms with E-state index in [1.54, 1.807) is 24.3 Å². The summed E-state index contributed by atoms with van der Waals surface area (Å²) >= 11 is 0. The van der Waals surface area contributed by atoms with E-state index in [1.807, 2.05) is 13.1 Å². The van der Waals surface area contributed by atoms with Crippen molar-refractivity contribution in [1.29, 1.82) is 0 Å². The van der Waals surface area contributed by atoms with Gasteiger partial charge in [-0.2, -0.15) is 0 Å². The molecule has 122 valence electrons. The molecule has 2 unspecified atom stereocenters. The molecule has 6 heteroatoms. The molecule has 2 heterocycles. The normalized spacial score (nSPS) is 29.5. The Labute approximate surface area is 166 Å². The van der Waals surface area contributed by atoms with Gasteiger partial charge in [-0.15, -0.1) is 0 Å². The summed E-state index contributed by atoms with van der Waals surface area (Å²) in [5.41, 5.74) is 0.511. The first-order valence-corrected chi connectivity index (χ1v) is 7.67. The Bertz CT molecular complexity index is 565. The summed E-state index contributed by atoms with van der Waals surface area (Å²) in [4.78, 5) is 26.7. The van der Waals surface area contributed by atoms with E-state index >= 15 is 0 Å². The van der Waals surface area contributed by atoms with Gasteiger partial charge in [0.05, 0.1) is 12.7 Å². The predicted molar refractivity (Wildman–Crippen MR) is 88.9 cm³/mol. The second-order valence-corrected chi connectivity index (χ2v) is 6.06. The molecule has 4 atom stereocenters. The summed E-state index contributed by atoms with van der Waals surface area (Å²) in [7, 11) is 3.42. The summed E-state index contributed by atoms with van der Waals surface area (Å²) in [5.74, 6) is -1.06. The van der Waals surface area contributed by atoms with E-state index < -0.39 is 12.0 Å². The second-order valence-electron chi connectivity index (χ2n) is 6.06. The number of hydrogen-bond acceptors (Lipinski definition) is 5. The van der Waals surface area contributed by atoms with Gasteiger partial charge in [0, 0.05) is 18.5 Å². The molecule has 0 saturated carbocycles. The number of carbonyl (C=O) groups excluding carboxylic acids is 2. The molecule has 2 bridgehead atoms. The van der Waals surface area contributed by atoms with Gasteiger partial charge in [-0.05, 0) is 32.0 Å². The quantitative estimate of drug-likeness (QED) is 0.603. The molecular formula is C17H23CaNO4. The van der Waals surface area contributed by atoms with Gasteiger partial charge in [-0.25, -0.2) is 4.79 Å². The zero-order valence-corrected chi connectivity index (χ0v) is 12.9. The molecule has 5 nitrogen and oxygen atoms in total. The first kappa shape index (κ1) is 18.7. The van der Waals surface area contributed by atoms with Crippen molar-refractivity contribution in [3.05, 3.63) is 35.9 Å². The minimum atomic E-state index is -0.408. The Morgan fingerprint density at radius 2 is 1.87 bits per heavy atom. The molecule has 0 aromatic heterocycles. The third-order valence-electron chi connectivity index (χ3n) is 4.96. The maximum absolute atomic E-state index is 12.3. The van der Waals surface area contributed by atoms with Gasteiger partial charge in [0.15, 0.2) is 0 Å². The van der Waals surface area contributed by atoms with Crippen molar-refractivity contribution in [3.8, 4) is 0 Å². The Balaban J connectivity index is 0.00000192. The summed E-state index contributed by atoms with van der Waals surface area (Å²) < 4.78 is 10.6. The number of rotatable bonds is 3. The SMILES string of the molecule is COC(=O)[C@@H]1C2CCC(C[C@@H]1OC(=O)c1ccccc1)N2C.[CaH2]. The van der Waals surface area contributed by atoms with Crippen LogP contribution in [-0.4, -0.2) is 86.9 Å². The maximum atomic E-state index is 12.3. The number of piperidine rings is 1. The molecule has 2 aliphatic rings. The van der Waals surface area contributed by atoms with Crippen molar-refractivity contribution >= 4 is 49.7 Å². The fourth-order valence-electron chi connectivity index (χ4n) is 3.77. The van der Waals surface area contributed by atoms with E-state index in [0.717, 1.165) is 12.8 Å². The number of carbonyl (C=O) groups is 2. The van der Waals surface area contributed by atoms with Gasteiger partial charge in [0.2, 0.25) is 0 Å². The molecule has 0 spiro atoms. The number of benzene rings is 1. The third-order valence-corrected chi connectivity index (χ3v) is 4.96. The Morgan fingerprint density at radius 3 is 2.52 bits per heavy atom. The number of esters is 2. The molecule has 0 radical (unpaired) electrons. The number of methoxy groups -OCH3 is 1. The summed E-state index contributed by atoms with van der Waals surface area (Å²) in [6.07, 6.45) is 2.26. The Kier molecular flexibility index (Phi) is 6.48. The van der Waals surface area contributed by atoms with Crippen LogP contribution in [0.15, 0.2) is 30.3 Å². The third kappa shape index (κ3) is 3.73. The van der Waals surface area contributed by atoms with Crippen molar-refractivity contribution < 1.29 is 19.1 Å². The van der Waals surface area contributed by atoms with Crippen LogP contribution in [0, 0.1) is 5.92 Å². The molecule has 2 fully saturated rings. The fourth-order valence-corrected chi connectivity index (χ4v) is 3.77. The predicted octanol–water partition coefficient (Wildman–Crippen LogP) is 0.951. The van der Waals surface area contributed by atoms with E-state index in [-0.39, 0.29) is 55.7 Å². The number of hydrogen-bond donors (Lipinski definition) is 0. The molecule has 0 aliphatic carbocycles. The summed E-state index contributed by atoms with van der Waals surface area (Å²) in [5, 5.41) is 0. The van der Waals surface area contributed by atoms with Crippen LogP contribution in [0.3, 0.4) is 0 Å². The Morgan fingerprint density at radius 1 is 1.17 bits per heavy atom. The molecule has 1 aromatic carbocycles. The molecule has 3 rings (SSSR count). The molecule has 23 heavy (non-hydrogen) atoms. The van der Waals surface area contributed by atoms with E-state index in [9.17, 15) is 9.59 Å². The van der Waals surface area contributed by atoms with Crippen LogP contribution in [0.2, 0.25) is 0 Å². The van der Waals surface area contributed by atoms with Gasteiger partial charge in [0.1, 0.15) is 12.0 Å².